The number of nitrogens with two attached hydrogens (primary N) is 9. The SMILES string of the molecule is NCCCCCNC(=O)/C(=C/CCN=C(N)N)NC(=O)[C@H](CCCCN)NC(=O)C(Cc1cnc[nH]1)NC(=O)C1CCCN1C(=O)[C@@H](CCCN)NC(=O)CNC(=O)[C@@H](NC(=O)[C@@H](NC(=O)C(N)CCCCN)C(O)CN)[C@@H](O)CN. The Labute approximate surface area is 471 Å². The number of carbonyl (C=O) groups excluding carboxylic acids is 9. The Bertz CT molecular complexity index is 2180. The van der Waals surface area contributed by atoms with E-state index in [2.05, 4.69) is 57.5 Å². The number of aliphatic imine (C=N–C) groups is 1. The van der Waals surface area contributed by atoms with Crippen molar-refractivity contribution in [2.45, 2.75) is 151 Å². The number of hydrogen-bond acceptors (Lipinski definition) is 20. The quantitative estimate of drug-likeness (QED) is 0.0125. The number of hydrogen-bond donors (Lipinski definition) is 20. The van der Waals surface area contributed by atoms with E-state index in [4.69, 9.17) is 51.6 Å². The molecule has 1 aliphatic heterocycles. The maximum Gasteiger partial charge on any atom is 0.267 e. The molecule has 32 heteroatoms. The van der Waals surface area contributed by atoms with Gasteiger partial charge in [-0.25, -0.2) is 4.98 Å². The predicted octanol–water partition coefficient (Wildman–Crippen LogP) is -8.64. The van der Waals surface area contributed by atoms with Crippen LogP contribution in [0.5, 0.6) is 0 Å². The largest absolute Gasteiger partial charge is 0.389 e. The highest BCUT2D eigenvalue weighted by Crippen LogP contribution is 2.20. The smallest absolute Gasteiger partial charge is 0.267 e. The van der Waals surface area contributed by atoms with E-state index in [-0.39, 0.29) is 82.8 Å². The zero-order valence-corrected chi connectivity index (χ0v) is 46.2. The van der Waals surface area contributed by atoms with Gasteiger partial charge in [0, 0.05) is 51.0 Å². The third-order valence-corrected chi connectivity index (χ3v) is 12.9. The number of rotatable bonds is 41. The zero-order valence-electron chi connectivity index (χ0n) is 46.2. The number of nitrogens with zero attached hydrogens (tertiary/aromatic N) is 3. The number of H-pyrrole nitrogens is 1. The summed E-state index contributed by atoms with van der Waals surface area (Å²) in [6.45, 7) is -0.110. The molecule has 0 aliphatic carbocycles. The second kappa shape index (κ2) is 39.5. The number of amides is 9. The van der Waals surface area contributed by atoms with Crippen LogP contribution in [0, 0.1) is 0 Å². The summed E-state index contributed by atoms with van der Waals surface area (Å²) >= 11 is 0. The van der Waals surface area contributed by atoms with Gasteiger partial charge in [0.05, 0.1) is 31.1 Å². The molecule has 0 spiro atoms. The highest BCUT2D eigenvalue weighted by molar-refractivity contribution is 6.00. The van der Waals surface area contributed by atoms with Gasteiger partial charge in [-0.3, -0.25) is 48.1 Å². The van der Waals surface area contributed by atoms with E-state index in [9.17, 15) is 53.4 Å². The lowest BCUT2D eigenvalue weighted by Gasteiger charge is -2.30. The Kier molecular flexibility index (Phi) is 34.2. The summed E-state index contributed by atoms with van der Waals surface area (Å²) in [7, 11) is 0. The molecule has 32 nitrogen and oxygen atoms in total. The van der Waals surface area contributed by atoms with Crippen molar-refractivity contribution < 1.29 is 53.4 Å². The fourth-order valence-electron chi connectivity index (χ4n) is 8.39. The average Bonchev–Trinajstić information content (AvgIpc) is 4.23. The molecule has 2 heterocycles. The van der Waals surface area contributed by atoms with E-state index >= 15 is 0 Å². The number of unbranched alkanes of at least 4 members (excludes halogenated alkanes) is 4. The lowest BCUT2D eigenvalue weighted by atomic mass is 10.0. The maximum absolute atomic E-state index is 14.3. The van der Waals surface area contributed by atoms with E-state index in [0.29, 0.717) is 63.9 Å². The Hall–Kier alpha value is -6.91. The van der Waals surface area contributed by atoms with Crippen molar-refractivity contribution >= 4 is 59.1 Å². The van der Waals surface area contributed by atoms with Crippen molar-refractivity contribution in [3.8, 4) is 0 Å². The average molecular weight is 1150 g/mol. The predicted molar refractivity (Wildman–Crippen MR) is 299 cm³/mol. The highest BCUT2D eigenvalue weighted by Gasteiger charge is 2.40. The van der Waals surface area contributed by atoms with Crippen molar-refractivity contribution in [3.05, 3.63) is 30.0 Å². The first-order valence-corrected chi connectivity index (χ1v) is 27.5. The molecule has 1 fully saturated rings. The Morgan fingerprint density at radius 1 is 0.691 bits per heavy atom. The summed E-state index contributed by atoms with van der Waals surface area (Å²) in [5.74, 6) is -7.61. The first-order valence-electron chi connectivity index (χ1n) is 27.5. The monoisotopic (exact) mass is 1150 g/mol. The van der Waals surface area contributed by atoms with Gasteiger partial charge in [-0.05, 0) is 103 Å². The van der Waals surface area contributed by atoms with Crippen LogP contribution in [0.25, 0.3) is 0 Å². The van der Waals surface area contributed by atoms with Crippen molar-refractivity contribution in [2.75, 3.05) is 65.4 Å². The minimum absolute atomic E-state index is 0.000227. The second-order valence-electron chi connectivity index (χ2n) is 19.4. The van der Waals surface area contributed by atoms with Gasteiger partial charge >= 0.3 is 0 Å². The van der Waals surface area contributed by atoms with Crippen molar-refractivity contribution in [1.29, 1.82) is 0 Å². The zero-order chi connectivity index (χ0) is 60.3. The van der Waals surface area contributed by atoms with E-state index in [1.165, 1.54) is 23.5 Å². The number of imidazole rings is 1. The first-order chi connectivity index (χ1) is 38.8. The van der Waals surface area contributed by atoms with E-state index in [0.717, 1.165) is 12.8 Å². The molecule has 1 aromatic rings. The topological polar surface area (TPSA) is 569 Å². The molecule has 1 aromatic heterocycles. The summed E-state index contributed by atoms with van der Waals surface area (Å²) in [4.78, 5) is 136. The van der Waals surface area contributed by atoms with Crippen LogP contribution >= 0.6 is 0 Å². The van der Waals surface area contributed by atoms with E-state index in [1.54, 1.807) is 0 Å². The Morgan fingerprint density at radius 3 is 1.93 bits per heavy atom. The molecule has 81 heavy (non-hydrogen) atoms. The molecule has 9 amide bonds. The lowest BCUT2D eigenvalue weighted by Crippen LogP contribution is -2.63. The van der Waals surface area contributed by atoms with Crippen LogP contribution in [0.4, 0.5) is 0 Å². The molecular weight excluding hydrogens is 1060 g/mol. The summed E-state index contributed by atoms with van der Waals surface area (Å²) in [5, 5.41) is 41.5. The van der Waals surface area contributed by atoms with Crippen LogP contribution in [0.2, 0.25) is 0 Å². The number of aromatic amines is 1. The molecule has 1 saturated heterocycles. The maximum atomic E-state index is 14.3. The molecule has 4 unspecified atom stereocenters. The van der Waals surface area contributed by atoms with Crippen molar-refractivity contribution in [2.24, 2.45) is 56.6 Å². The molecule has 9 atom stereocenters. The van der Waals surface area contributed by atoms with Gasteiger partial charge in [-0.15, -0.1) is 0 Å². The number of aliphatic hydroxyl groups is 2. The van der Waals surface area contributed by atoms with Crippen molar-refractivity contribution in [3.63, 3.8) is 0 Å². The molecule has 0 saturated carbocycles. The van der Waals surface area contributed by atoms with Gasteiger partial charge < -0.3 is 114 Å². The molecule has 458 valence electrons. The normalized spacial score (nSPS) is 16.2. The third-order valence-electron chi connectivity index (χ3n) is 12.9. The van der Waals surface area contributed by atoms with Crippen LogP contribution in [-0.4, -0.2) is 204 Å². The van der Waals surface area contributed by atoms with Crippen LogP contribution in [0.15, 0.2) is 29.3 Å². The minimum atomic E-state index is -1.82. The highest BCUT2D eigenvalue weighted by atomic mass is 16.3. The standard InChI is InChI=1S/C49H91N21O11/c50-16-4-1-7-20-60-42(75)31(14-9-21-61-49(57)58)65-43(76)32(12-3-6-18-52)66-44(77)34(23-29-26-59-28-63-29)67-45(78)35-15-10-22-70(35)48(81)33(13-8-19-53)64-38(73)27-62-46(79)39(36(71)24-54)69-47(80)40(37(72)25-55)68-41(74)30(56)11-2-5-17-51/h14,26,28,30,32-37,39-40,71-72H,1-13,15-25,27,50-56H2,(H,59,63)(H,60,75)(H,62,79)(H,64,73)(H,65,76)(H,66,77)(H,67,78)(H,68,74)(H,69,80)(H4,57,58,61)/b31-14-/t30?,32-,33+,34?,35?,36-,37?,39-,40-/m0/s1. The number of aliphatic hydroxyl groups excluding tert-OH is 2. The first kappa shape index (κ1) is 70.2. The molecule has 1 aliphatic rings. The molecule has 0 bridgehead atoms. The second-order valence-corrected chi connectivity index (χ2v) is 19.4. The van der Waals surface area contributed by atoms with Gasteiger partial charge in [-0.1, -0.05) is 18.9 Å². The Morgan fingerprint density at radius 2 is 1.31 bits per heavy atom. The molecular formula is C49H91N21O11. The summed E-state index contributed by atoms with van der Waals surface area (Å²) < 4.78 is 0. The minimum Gasteiger partial charge on any atom is -0.389 e. The van der Waals surface area contributed by atoms with Gasteiger partial charge in [0.2, 0.25) is 47.3 Å². The number of aromatic nitrogens is 2. The number of nitrogens with one attached hydrogen (secondary N) is 9. The van der Waals surface area contributed by atoms with Crippen LogP contribution < -0.4 is 94.1 Å². The van der Waals surface area contributed by atoms with Gasteiger partial charge in [0.15, 0.2) is 5.96 Å². The van der Waals surface area contributed by atoms with E-state index < -0.39 is 127 Å². The fraction of sp³-hybridized carbons (Fsp3) is 0.694. The molecule has 0 radical (unpaired) electrons. The summed E-state index contributed by atoms with van der Waals surface area (Å²) in [5.41, 5.74) is 51.1. The van der Waals surface area contributed by atoms with Crippen LogP contribution in [0.1, 0.15) is 95.6 Å². The van der Waals surface area contributed by atoms with Crippen molar-refractivity contribution in [1.82, 2.24) is 57.4 Å². The number of carbonyl (C=O) groups is 9. The summed E-state index contributed by atoms with van der Waals surface area (Å²) in [6, 6.07) is -9.62. The van der Waals surface area contributed by atoms with E-state index in [1.807, 2.05) is 0 Å². The molecule has 29 N–H and O–H groups in total. The Balaban J connectivity index is 2.31. The van der Waals surface area contributed by atoms with Crippen LogP contribution in [-0.2, 0) is 49.6 Å². The lowest BCUT2D eigenvalue weighted by molar-refractivity contribution is -0.142. The number of guanidine groups is 1. The van der Waals surface area contributed by atoms with Gasteiger partial charge in [0.1, 0.15) is 41.9 Å². The third kappa shape index (κ3) is 26.0. The molecule has 0 aromatic carbocycles. The van der Waals surface area contributed by atoms with Crippen LogP contribution in [0.3, 0.4) is 0 Å². The number of likely N-dealkylation sites (tertiary alicyclic amines) is 1. The molecule has 2 rings (SSSR count). The summed E-state index contributed by atoms with van der Waals surface area (Å²) in [6.07, 6.45) is 6.11. The fourth-order valence-corrected chi connectivity index (χ4v) is 8.39. The van der Waals surface area contributed by atoms with Gasteiger partial charge in [0.25, 0.3) is 5.91 Å². The van der Waals surface area contributed by atoms with Gasteiger partial charge in [-0.2, -0.15) is 0 Å².